The molecule has 1 aromatic carbocycles. The average molecular weight is 395 g/mol. The molecule has 1 atom stereocenters. The quantitative estimate of drug-likeness (QED) is 0.771. The Balaban J connectivity index is 1.64. The van der Waals surface area contributed by atoms with Crippen LogP contribution in [0.25, 0.3) is 0 Å². The molecular formula is C24H34N4O. The Bertz CT molecular complexity index is 862. The summed E-state index contributed by atoms with van der Waals surface area (Å²) >= 11 is 0. The van der Waals surface area contributed by atoms with Gasteiger partial charge in [-0.3, -0.25) is 9.48 Å². The van der Waals surface area contributed by atoms with Crippen LogP contribution in [0.3, 0.4) is 0 Å². The first-order chi connectivity index (χ1) is 13.9. The summed E-state index contributed by atoms with van der Waals surface area (Å²) in [6, 6.07) is 11.0. The summed E-state index contributed by atoms with van der Waals surface area (Å²) in [5.74, 6) is 0.321. The summed E-state index contributed by atoms with van der Waals surface area (Å²) in [4.78, 5) is 18.3. The fourth-order valence-corrected chi connectivity index (χ4v) is 5.23. The van der Waals surface area contributed by atoms with Gasteiger partial charge in [0.2, 0.25) is 5.91 Å². The zero-order valence-corrected chi connectivity index (χ0v) is 18.3. The molecule has 5 nitrogen and oxygen atoms in total. The minimum atomic E-state index is -0.350. The van der Waals surface area contributed by atoms with Crippen molar-refractivity contribution in [1.82, 2.24) is 19.6 Å². The Morgan fingerprint density at radius 1 is 1.17 bits per heavy atom. The standard InChI is InChI=1S/C24H34N4O/c1-18-9-11-19(12-10-18)24(13-5-6-14-24)23(29)28-15-7-8-22(28)21-16-20(17-26(2)3)27(4)25-21/h9-12,16,22H,5-8,13-15,17H2,1-4H3/t22-/m1/s1. The van der Waals surface area contributed by atoms with Crippen LogP contribution in [0.4, 0.5) is 0 Å². The monoisotopic (exact) mass is 394 g/mol. The lowest BCUT2D eigenvalue weighted by atomic mass is 9.77. The molecule has 0 radical (unpaired) electrons. The van der Waals surface area contributed by atoms with Crippen molar-refractivity contribution in [3.05, 3.63) is 52.8 Å². The SMILES string of the molecule is Cc1ccc(C2(C(=O)N3CCC[C@@H]3c3cc(CN(C)C)n(C)n3)CCCC2)cc1. The van der Waals surface area contributed by atoms with Crippen molar-refractivity contribution in [1.29, 1.82) is 0 Å². The fourth-order valence-electron chi connectivity index (χ4n) is 5.23. The summed E-state index contributed by atoms with van der Waals surface area (Å²) in [6.45, 7) is 3.81. The van der Waals surface area contributed by atoms with Crippen LogP contribution in [0.15, 0.2) is 30.3 Å². The second-order valence-electron chi connectivity index (χ2n) is 9.23. The maximum absolute atomic E-state index is 14.0. The van der Waals surface area contributed by atoms with Crippen molar-refractivity contribution in [2.45, 2.75) is 63.5 Å². The summed E-state index contributed by atoms with van der Waals surface area (Å²) in [5, 5.41) is 4.81. The van der Waals surface area contributed by atoms with E-state index in [0.29, 0.717) is 5.91 Å². The van der Waals surface area contributed by atoms with E-state index in [4.69, 9.17) is 5.10 Å². The zero-order valence-electron chi connectivity index (χ0n) is 18.3. The van der Waals surface area contributed by atoms with Crippen molar-refractivity contribution in [3.63, 3.8) is 0 Å². The maximum Gasteiger partial charge on any atom is 0.233 e. The highest BCUT2D eigenvalue weighted by Gasteiger charge is 2.47. The lowest BCUT2D eigenvalue weighted by Crippen LogP contribution is -2.45. The van der Waals surface area contributed by atoms with Gasteiger partial charge in [-0.2, -0.15) is 5.10 Å². The van der Waals surface area contributed by atoms with Crippen LogP contribution in [-0.4, -0.2) is 46.1 Å². The van der Waals surface area contributed by atoms with Gasteiger partial charge in [0.25, 0.3) is 0 Å². The van der Waals surface area contributed by atoms with E-state index in [9.17, 15) is 4.79 Å². The lowest BCUT2D eigenvalue weighted by Gasteiger charge is -2.35. The Hall–Kier alpha value is -2.14. The minimum absolute atomic E-state index is 0.104. The van der Waals surface area contributed by atoms with E-state index in [-0.39, 0.29) is 11.5 Å². The third-order valence-electron chi connectivity index (χ3n) is 6.80. The zero-order chi connectivity index (χ0) is 20.6. The van der Waals surface area contributed by atoms with E-state index in [0.717, 1.165) is 57.3 Å². The van der Waals surface area contributed by atoms with Gasteiger partial charge >= 0.3 is 0 Å². The van der Waals surface area contributed by atoms with Crippen LogP contribution in [0, 0.1) is 6.92 Å². The average Bonchev–Trinajstić information content (AvgIpc) is 3.42. The normalized spacial score (nSPS) is 21.3. The van der Waals surface area contributed by atoms with E-state index in [2.05, 4.69) is 61.2 Å². The van der Waals surface area contributed by atoms with E-state index in [1.165, 1.54) is 16.8 Å². The summed E-state index contributed by atoms with van der Waals surface area (Å²) in [7, 11) is 6.15. The number of rotatable bonds is 5. The highest BCUT2D eigenvalue weighted by atomic mass is 16.2. The van der Waals surface area contributed by atoms with Gasteiger partial charge in [0.05, 0.1) is 22.8 Å². The molecule has 1 saturated carbocycles. The second kappa shape index (κ2) is 7.94. The van der Waals surface area contributed by atoms with Gasteiger partial charge in [0, 0.05) is 20.1 Å². The van der Waals surface area contributed by atoms with Crippen molar-refractivity contribution < 1.29 is 4.79 Å². The molecule has 1 aliphatic heterocycles. The molecule has 156 valence electrons. The van der Waals surface area contributed by atoms with Crippen LogP contribution in [0.5, 0.6) is 0 Å². The molecule has 0 N–H and O–H groups in total. The molecule has 29 heavy (non-hydrogen) atoms. The number of carbonyl (C=O) groups is 1. The molecule has 5 heteroatoms. The number of hydrogen-bond donors (Lipinski definition) is 0. The van der Waals surface area contributed by atoms with Crippen molar-refractivity contribution in [3.8, 4) is 0 Å². The summed E-state index contributed by atoms with van der Waals surface area (Å²) < 4.78 is 1.97. The third-order valence-corrected chi connectivity index (χ3v) is 6.80. The highest BCUT2D eigenvalue weighted by Crippen LogP contribution is 2.45. The molecule has 0 unspecified atom stereocenters. The minimum Gasteiger partial charge on any atom is -0.333 e. The number of aromatic nitrogens is 2. The molecule has 2 aromatic rings. The molecule has 1 aromatic heterocycles. The molecule has 2 aliphatic rings. The van der Waals surface area contributed by atoms with E-state index < -0.39 is 0 Å². The van der Waals surface area contributed by atoms with Crippen molar-refractivity contribution >= 4 is 5.91 Å². The van der Waals surface area contributed by atoms with E-state index >= 15 is 0 Å². The van der Waals surface area contributed by atoms with Gasteiger partial charge in [-0.25, -0.2) is 0 Å². The van der Waals surface area contributed by atoms with Crippen molar-refractivity contribution in [2.75, 3.05) is 20.6 Å². The molecule has 1 saturated heterocycles. The number of carbonyl (C=O) groups excluding carboxylic acids is 1. The lowest BCUT2D eigenvalue weighted by molar-refractivity contribution is -0.138. The molecule has 1 amide bonds. The smallest absolute Gasteiger partial charge is 0.233 e. The van der Waals surface area contributed by atoms with Gasteiger partial charge in [0.15, 0.2) is 0 Å². The topological polar surface area (TPSA) is 41.4 Å². The first-order valence-corrected chi connectivity index (χ1v) is 11.0. The molecule has 1 aliphatic carbocycles. The molecule has 4 rings (SSSR count). The fraction of sp³-hybridized carbons (Fsp3) is 0.583. The maximum atomic E-state index is 14.0. The number of aryl methyl sites for hydroxylation is 2. The van der Waals surface area contributed by atoms with Crippen LogP contribution >= 0.6 is 0 Å². The first-order valence-electron chi connectivity index (χ1n) is 11.0. The number of benzene rings is 1. The van der Waals surface area contributed by atoms with Crippen LogP contribution < -0.4 is 0 Å². The molecule has 0 bridgehead atoms. The number of amides is 1. The number of hydrogen-bond acceptors (Lipinski definition) is 3. The Labute approximate surface area is 174 Å². The number of likely N-dealkylation sites (tertiary alicyclic amines) is 1. The Kier molecular flexibility index (Phi) is 5.52. The highest BCUT2D eigenvalue weighted by molar-refractivity contribution is 5.89. The first kappa shape index (κ1) is 20.1. The summed E-state index contributed by atoms with van der Waals surface area (Å²) in [6.07, 6.45) is 6.26. The predicted octanol–water partition coefficient (Wildman–Crippen LogP) is 3.97. The Morgan fingerprint density at radius 3 is 2.52 bits per heavy atom. The van der Waals surface area contributed by atoms with Gasteiger partial charge in [-0.1, -0.05) is 42.7 Å². The van der Waals surface area contributed by atoms with Crippen LogP contribution in [0.1, 0.15) is 67.1 Å². The van der Waals surface area contributed by atoms with Crippen LogP contribution in [0.2, 0.25) is 0 Å². The molecule has 0 spiro atoms. The van der Waals surface area contributed by atoms with Gasteiger partial charge in [0.1, 0.15) is 0 Å². The third kappa shape index (κ3) is 3.73. The van der Waals surface area contributed by atoms with Gasteiger partial charge in [-0.15, -0.1) is 0 Å². The van der Waals surface area contributed by atoms with Gasteiger partial charge in [-0.05, 0) is 58.3 Å². The second-order valence-corrected chi connectivity index (χ2v) is 9.23. The molecular weight excluding hydrogens is 360 g/mol. The Morgan fingerprint density at radius 2 is 1.86 bits per heavy atom. The number of nitrogens with zero attached hydrogens (tertiary/aromatic N) is 4. The van der Waals surface area contributed by atoms with E-state index in [1.54, 1.807) is 0 Å². The largest absolute Gasteiger partial charge is 0.333 e. The van der Waals surface area contributed by atoms with Crippen molar-refractivity contribution in [2.24, 2.45) is 7.05 Å². The van der Waals surface area contributed by atoms with Gasteiger partial charge < -0.3 is 9.80 Å². The predicted molar refractivity (Wildman–Crippen MR) is 116 cm³/mol. The van der Waals surface area contributed by atoms with E-state index in [1.807, 2.05) is 11.7 Å². The molecule has 2 fully saturated rings. The summed E-state index contributed by atoms with van der Waals surface area (Å²) in [5.41, 5.74) is 4.34. The van der Waals surface area contributed by atoms with Crippen LogP contribution in [-0.2, 0) is 23.8 Å². The molecule has 2 heterocycles.